The number of amides is 1. The Morgan fingerprint density at radius 1 is 1.38 bits per heavy atom. The van der Waals surface area contributed by atoms with Gasteiger partial charge in [0.2, 0.25) is 5.82 Å². The minimum Gasteiger partial charge on any atom is -0.490 e. The smallest absolute Gasteiger partial charge is 0.291 e. The summed E-state index contributed by atoms with van der Waals surface area (Å²) in [4.78, 5) is 15.8. The van der Waals surface area contributed by atoms with Crippen molar-refractivity contribution in [2.24, 2.45) is 0 Å². The summed E-state index contributed by atoms with van der Waals surface area (Å²) in [6.45, 7) is 0. The van der Waals surface area contributed by atoms with E-state index in [2.05, 4.69) is 20.5 Å². The van der Waals surface area contributed by atoms with Crippen LogP contribution in [-0.4, -0.2) is 33.2 Å². The van der Waals surface area contributed by atoms with E-state index in [1.165, 1.54) is 6.33 Å². The van der Waals surface area contributed by atoms with Gasteiger partial charge >= 0.3 is 0 Å². The van der Waals surface area contributed by atoms with Gasteiger partial charge in [0.25, 0.3) is 5.91 Å². The van der Waals surface area contributed by atoms with Gasteiger partial charge in [-0.2, -0.15) is 5.26 Å². The molecule has 0 spiro atoms. The number of H-pyrrole nitrogens is 1. The van der Waals surface area contributed by atoms with Crippen molar-refractivity contribution in [1.29, 1.82) is 5.26 Å². The molecule has 2 N–H and O–H groups in total. The predicted molar refractivity (Wildman–Crippen MR) is 86.7 cm³/mol. The fourth-order valence-electron chi connectivity index (χ4n) is 2.75. The zero-order valence-electron chi connectivity index (χ0n) is 12.8. The number of nitriles is 1. The molecule has 0 saturated heterocycles. The van der Waals surface area contributed by atoms with Gasteiger partial charge in [-0.25, -0.2) is 4.98 Å². The van der Waals surface area contributed by atoms with Crippen molar-refractivity contribution in [3.05, 3.63) is 40.9 Å². The Morgan fingerprint density at radius 2 is 2.17 bits per heavy atom. The van der Waals surface area contributed by atoms with Crippen molar-refractivity contribution >= 4 is 17.5 Å². The van der Waals surface area contributed by atoms with Gasteiger partial charge in [-0.3, -0.25) is 9.89 Å². The summed E-state index contributed by atoms with van der Waals surface area (Å²) in [6.07, 6.45) is 4.76. The van der Waals surface area contributed by atoms with Crippen LogP contribution < -0.4 is 10.1 Å². The van der Waals surface area contributed by atoms with Crippen LogP contribution in [0.2, 0.25) is 5.02 Å². The van der Waals surface area contributed by atoms with E-state index in [9.17, 15) is 4.79 Å². The third-order valence-electron chi connectivity index (χ3n) is 3.99. The lowest BCUT2D eigenvalue weighted by Crippen LogP contribution is -2.40. The Bertz CT molecular complexity index is 748. The zero-order chi connectivity index (χ0) is 16.9. The number of halogens is 1. The Kier molecular flexibility index (Phi) is 4.96. The maximum absolute atomic E-state index is 11.9. The number of ether oxygens (including phenoxy) is 1. The molecule has 0 atom stereocenters. The highest BCUT2D eigenvalue weighted by Crippen LogP contribution is 2.27. The Labute approximate surface area is 144 Å². The molecule has 24 heavy (non-hydrogen) atoms. The molecule has 0 bridgehead atoms. The summed E-state index contributed by atoms with van der Waals surface area (Å²) >= 11 is 6.01. The van der Waals surface area contributed by atoms with Gasteiger partial charge in [0.15, 0.2) is 0 Å². The molecule has 1 amide bonds. The number of aromatic nitrogens is 3. The van der Waals surface area contributed by atoms with Crippen molar-refractivity contribution in [1.82, 2.24) is 20.5 Å². The van der Waals surface area contributed by atoms with Gasteiger partial charge in [0.1, 0.15) is 18.1 Å². The van der Waals surface area contributed by atoms with E-state index in [1.54, 1.807) is 18.2 Å². The van der Waals surface area contributed by atoms with E-state index in [1.807, 2.05) is 6.07 Å². The van der Waals surface area contributed by atoms with Gasteiger partial charge in [-0.1, -0.05) is 11.6 Å². The fraction of sp³-hybridized carbons (Fsp3) is 0.375. The summed E-state index contributed by atoms with van der Waals surface area (Å²) in [6, 6.07) is 7.19. The standard InChI is InChI=1S/C16H16ClN5O2/c17-14-7-13(4-1-10(14)8-18)24-12-5-2-11(3-6-12)21-16(23)15-19-9-20-22-15/h1,4,7,9,11-12H,2-3,5-6H2,(H,21,23)(H,19,20,22). The molecule has 1 saturated carbocycles. The van der Waals surface area contributed by atoms with Crippen LogP contribution in [0.15, 0.2) is 24.5 Å². The average molecular weight is 346 g/mol. The van der Waals surface area contributed by atoms with Gasteiger partial charge in [-0.15, -0.1) is 5.10 Å². The number of rotatable bonds is 4. The number of carbonyl (C=O) groups excluding carboxylic acids is 1. The zero-order valence-corrected chi connectivity index (χ0v) is 13.6. The predicted octanol–water partition coefficient (Wildman–Crippen LogP) is 2.45. The highest BCUT2D eigenvalue weighted by atomic mass is 35.5. The van der Waals surface area contributed by atoms with Crippen LogP contribution >= 0.6 is 11.6 Å². The average Bonchev–Trinajstić information content (AvgIpc) is 3.11. The molecular weight excluding hydrogens is 330 g/mol. The SMILES string of the molecule is N#Cc1ccc(OC2CCC(NC(=O)c3nc[nH]n3)CC2)cc1Cl. The first kappa shape index (κ1) is 16.3. The van der Waals surface area contributed by atoms with Gasteiger partial charge in [0, 0.05) is 12.1 Å². The third kappa shape index (κ3) is 3.84. The highest BCUT2D eigenvalue weighted by molar-refractivity contribution is 6.31. The minimum atomic E-state index is -0.264. The molecule has 3 rings (SSSR count). The number of carbonyl (C=O) groups is 1. The van der Waals surface area contributed by atoms with E-state index in [4.69, 9.17) is 21.6 Å². The van der Waals surface area contributed by atoms with Crippen LogP contribution in [0.1, 0.15) is 41.9 Å². The summed E-state index contributed by atoms with van der Waals surface area (Å²) in [5.74, 6) is 0.548. The molecule has 7 nitrogen and oxygen atoms in total. The normalized spacial score (nSPS) is 20.2. The van der Waals surface area contributed by atoms with Crippen molar-refractivity contribution in [3.8, 4) is 11.8 Å². The van der Waals surface area contributed by atoms with Crippen molar-refractivity contribution in [3.63, 3.8) is 0 Å². The van der Waals surface area contributed by atoms with Crippen LogP contribution in [0.5, 0.6) is 5.75 Å². The molecular formula is C16H16ClN5O2. The topological polar surface area (TPSA) is 104 Å². The van der Waals surface area contributed by atoms with E-state index >= 15 is 0 Å². The number of benzene rings is 1. The van der Waals surface area contributed by atoms with Gasteiger partial charge in [-0.05, 0) is 37.8 Å². The van der Waals surface area contributed by atoms with Crippen LogP contribution in [0.4, 0.5) is 0 Å². The second-order valence-electron chi connectivity index (χ2n) is 5.64. The number of hydrogen-bond acceptors (Lipinski definition) is 5. The van der Waals surface area contributed by atoms with Crippen LogP contribution in [-0.2, 0) is 0 Å². The van der Waals surface area contributed by atoms with E-state index in [0.29, 0.717) is 16.3 Å². The lowest BCUT2D eigenvalue weighted by atomic mass is 9.93. The molecule has 1 aliphatic rings. The minimum absolute atomic E-state index is 0.0747. The number of hydrogen-bond donors (Lipinski definition) is 2. The second kappa shape index (κ2) is 7.32. The summed E-state index contributed by atoms with van der Waals surface area (Å²) < 4.78 is 5.92. The third-order valence-corrected chi connectivity index (χ3v) is 4.30. The first-order valence-corrected chi connectivity index (χ1v) is 8.06. The summed E-state index contributed by atoms with van der Waals surface area (Å²) in [5, 5.41) is 18.5. The van der Waals surface area contributed by atoms with Crippen molar-refractivity contribution < 1.29 is 9.53 Å². The Hall–Kier alpha value is -2.59. The lowest BCUT2D eigenvalue weighted by Gasteiger charge is -2.29. The van der Waals surface area contributed by atoms with Crippen LogP contribution in [0, 0.1) is 11.3 Å². The van der Waals surface area contributed by atoms with Crippen LogP contribution in [0.25, 0.3) is 0 Å². The first-order valence-electron chi connectivity index (χ1n) is 7.68. The number of nitrogens with one attached hydrogen (secondary N) is 2. The quantitative estimate of drug-likeness (QED) is 0.885. The first-order chi connectivity index (χ1) is 11.7. The Balaban J connectivity index is 1.49. The molecule has 1 aliphatic carbocycles. The highest BCUT2D eigenvalue weighted by Gasteiger charge is 2.25. The monoisotopic (exact) mass is 345 g/mol. The maximum atomic E-state index is 11.9. The number of aromatic amines is 1. The second-order valence-corrected chi connectivity index (χ2v) is 6.05. The lowest BCUT2D eigenvalue weighted by molar-refractivity contribution is 0.0884. The Morgan fingerprint density at radius 3 is 2.79 bits per heavy atom. The largest absolute Gasteiger partial charge is 0.490 e. The van der Waals surface area contributed by atoms with E-state index in [0.717, 1.165) is 25.7 Å². The maximum Gasteiger partial charge on any atom is 0.291 e. The van der Waals surface area contributed by atoms with E-state index in [-0.39, 0.29) is 23.9 Å². The molecule has 0 aliphatic heterocycles. The molecule has 1 aromatic carbocycles. The van der Waals surface area contributed by atoms with Gasteiger partial charge in [0.05, 0.1) is 16.7 Å². The molecule has 2 aromatic rings. The number of nitrogens with zero attached hydrogens (tertiary/aromatic N) is 3. The molecule has 1 heterocycles. The molecule has 0 radical (unpaired) electrons. The molecule has 8 heteroatoms. The van der Waals surface area contributed by atoms with E-state index < -0.39 is 0 Å². The fourth-order valence-corrected chi connectivity index (χ4v) is 2.96. The van der Waals surface area contributed by atoms with Crippen LogP contribution in [0.3, 0.4) is 0 Å². The summed E-state index contributed by atoms with van der Waals surface area (Å²) in [5.41, 5.74) is 0.433. The van der Waals surface area contributed by atoms with Gasteiger partial charge < -0.3 is 10.1 Å². The molecule has 1 aromatic heterocycles. The summed E-state index contributed by atoms with van der Waals surface area (Å²) in [7, 11) is 0. The molecule has 124 valence electrons. The molecule has 1 fully saturated rings. The van der Waals surface area contributed by atoms with Crippen molar-refractivity contribution in [2.45, 2.75) is 37.8 Å². The molecule has 0 unspecified atom stereocenters. The van der Waals surface area contributed by atoms with Crippen molar-refractivity contribution in [2.75, 3.05) is 0 Å².